The molecule has 1 aromatic rings. The van der Waals surface area contributed by atoms with Crippen LogP contribution in [0.5, 0.6) is 0 Å². The molecular formula is C18H23NO3. The molecule has 1 aromatic carbocycles. The van der Waals surface area contributed by atoms with Crippen molar-refractivity contribution >= 4 is 11.9 Å². The van der Waals surface area contributed by atoms with Gasteiger partial charge in [-0.15, -0.1) is 0 Å². The molecule has 1 aliphatic heterocycles. The number of ether oxygens (including phenoxy) is 1. The average Bonchev–Trinajstić information content (AvgIpc) is 3.15. The van der Waals surface area contributed by atoms with E-state index in [-0.39, 0.29) is 17.8 Å². The van der Waals surface area contributed by atoms with Crippen LogP contribution < -0.4 is 5.32 Å². The summed E-state index contributed by atoms with van der Waals surface area (Å²) in [4.78, 5) is 24.2. The summed E-state index contributed by atoms with van der Waals surface area (Å²) in [5.41, 5.74) is 1.10. The lowest BCUT2D eigenvalue weighted by Gasteiger charge is -2.24. The quantitative estimate of drug-likeness (QED) is 0.873. The van der Waals surface area contributed by atoms with E-state index >= 15 is 0 Å². The van der Waals surface area contributed by atoms with E-state index in [1.807, 2.05) is 45.0 Å². The third kappa shape index (κ3) is 2.74. The summed E-state index contributed by atoms with van der Waals surface area (Å²) in [5, 5.41) is 2.86. The Balaban J connectivity index is 1.78. The van der Waals surface area contributed by atoms with Crippen molar-refractivity contribution in [3.8, 4) is 0 Å². The van der Waals surface area contributed by atoms with Crippen molar-refractivity contribution in [2.24, 2.45) is 0 Å². The van der Waals surface area contributed by atoms with Crippen LogP contribution in [-0.4, -0.2) is 24.0 Å². The molecule has 4 heteroatoms. The number of carbonyl (C=O) groups excluding carboxylic acids is 2. The second-order valence-corrected chi connectivity index (χ2v) is 7.34. The first-order valence-corrected chi connectivity index (χ1v) is 7.93. The molecule has 1 unspecified atom stereocenters. The maximum absolute atomic E-state index is 12.5. The van der Waals surface area contributed by atoms with E-state index in [2.05, 4.69) is 5.32 Å². The smallest absolute Gasteiger partial charge is 0.317 e. The van der Waals surface area contributed by atoms with Crippen LogP contribution >= 0.6 is 0 Å². The normalized spacial score (nSPS) is 23.0. The van der Waals surface area contributed by atoms with Gasteiger partial charge >= 0.3 is 5.97 Å². The van der Waals surface area contributed by atoms with Gasteiger partial charge in [0.15, 0.2) is 0 Å². The Kier molecular flexibility index (Phi) is 3.50. The fourth-order valence-electron chi connectivity index (χ4n) is 3.06. The zero-order chi connectivity index (χ0) is 16.0. The van der Waals surface area contributed by atoms with Crippen molar-refractivity contribution in [3.05, 3.63) is 35.4 Å². The van der Waals surface area contributed by atoms with Gasteiger partial charge < -0.3 is 10.1 Å². The zero-order valence-electron chi connectivity index (χ0n) is 13.4. The number of hydrogen-bond donors (Lipinski definition) is 1. The van der Waals surface area contributed by atoms with Gasteiger partial charge in [0.25, 0.3) is 0 Å². The molecule has 1 atom stereocenters. The van der Waals surface area contributed by atoms with Gasteiger partial charge in [0.2, 0.25) is 5.91 Å². The molecule has 0 aromatic heterocycles. The van der Waals surface area contributed by atoms with Crippen molar-refractivity contribution in [2.45, 2.75) is 57.0 Å². The molecule has 22 heavy (non-hydrogen) atoms. The van der Waals surface area contributed by atoms with Crippen LogP contribution in [0.4, 0.5) is 0 Å². The highest BCUT2D eigenvalue weighted by Gasteiger charge is 2.53. The molecule has 0 radical (unpaired) electrons. The second kappa shape index (κ2) is 5.11. The van der Waals surface area contributed by atoms with Gasteiger partial charge in [-0.05, 0) is 51.2 Å². The molecule has 1 saturated heterocycles. The Morgan fingerprint density at radius 2 is 1.86 bits per heavy atom. The molecule has 2 fully saturated rings. The molecule has 0 bridgehead atoms. The van der Waals surface area contributed by atoms with E-state index in [1.165, 1.54) is 0 Å². The Hall–Kier alpha value is -1.84. The fourth-order valence-corrected chi connectivity index (χ4v) is 3.06. The third-order valence-electron chi connectivity index (χ3n) is 4.45. The van der Waals surface area contributed by atoms with Gasteiger partial charge in [0.1, 0.15) is 5.60 Å². The largest absolute Gasteiger partial charge is 0.459 e. The van der Waals surface area contributed by atoms with Crippen LogP contribution in [0.15, 0.2) is 24.3 Å². The summed E-state index contributed by atoms with van der Waals surface area (Å²) in [6.45, 7) is 6.42. The molecule has 118 valence electrons. The highest BCUT2D eigenvalue weighted by atomic mass is 16.6. The van der Waals surface area contributed by atoms with Crippen molar-refractivity contribution in [1.82, 2.24) is 5.32 Å². The second-order valence-electron chi connectivity index (χ2n) is 7.34. The van der Waals surface area contributed by atoms with Crippen molar-refractivity contribution < 1.29 is 14.3 Å². The molecule has 1 heterocycles. The first-order valence-electron chi connectivity index (χ1n) is 7.93. The standard InChI is InChI=1S/C18H23NO3/c1-17(2,3)22-16(21)18(9-10-18)13-6-4-12(5-7-13)14-8-11-19-15(14)20/h4-7,14H,8-11H2,1-3H3,(H,19,20). The van der Waals surface area contributed by atoms with Crippen LogP contribution in [0.3, 0.4) is 0 Å². The van der Waals surface area contributed by atoms with Gasteiger partial charge in [-0.25, -0.2) is 0 Å². The Labute approximate surface area is 131 Å². The Morgan fingerprint density at radius 3 is 2.32 bits per heavy atom. The van der Waals surface area contributed by atoms with Crippen molar-refractivity contribution in [3.63, 3.8) is 0 Å². The highest BCUT2D eigenvalue weighted by Crippen LogP contribution is 2.50. The molecular weight excluding hydrogens is 278 g/mol. The number of benzene rings is 1. The van der Waals surface area contributed by atoms with Crippen molar-refractivity contribution in [1.29, 1.82) is 0 Å². The highest BCUT2D eigenvalue weighted by molar-refractivity contribution is 5.87. The van der Waals surface area contributed by atoms with E-state index in [4.69, 9.17) is 4.74 Å². The summed E-state index contributed by atoms with van der Waals surface area (Å²) >= 11 is 0. The Morgan fingerprint density at radius 1 is 1.23 bits per heavy atom. The number of hydrogen-bond acceptors (Lipinski definition) is 3. The van der Waals surface area contributed by atoms with E-state index in [1.54, 1.807) is 0 Å². The summed E-state index contributed by atoms with van der Waals surface area (Å²) in [5.74, 6) is -0.0851. The number of esters is 1. The molecule has 1 aliphatic carbocycles. The predicted molar refractivity (Wildman–Crippen MR) is 83.6 cm³/mol. The van der Waals surface area contributed by atoms with Gasteiger partial charge in [0.05, 0.1) is 11.3 Å². The van der Waals surface area contributed by atoms with Gasteiger partial charge in [-0.3, -0.25) is 9.59 Å². The number of carbonyl (C=O) groups is 2. The minimum absolute atomic E-state index is 0.0503. The summed E-state index contributed by atoms with van der Waals surface area (Å²) < 4.78 is 5.56. The third-order valence-corrected chi connectivity index (χ3v) is 4.45. The van der Waals surface area contributed by atoms with Gasteiger partial charge in [-0.2, -0.15) is 0 Å². The number of rotatable bonds is 3. The molecule has 1 amide bonds. The van der Waals surface area contributed by atoms with E-state index in [0.717, 1.165) is 36.9 Å². The molecule has 4 nitrogen and oxygen atoms in total. The lowest BCUT2D eigenvalue weighted by molar-refractivity contribution is -0.158. The average molecular weight is 301 g/mol. The van der Waals surface area contributed by atoms with E-state index < -0.39 is 11.0 Å². The lowest BCUT2D eigenvalue weighted by Crippen LogP contribution is -2.31. The van der Waals surface area contributed by atoms with E-state index in [9.17, 15) is 9.59 Å². The topological polar surface area (TPSA) is 55.4 Å². The van der Waals surface area contributed by atoms with Crippen molar-refractivity contribution in [2.75, 3.05) is 6.54 Å². The Bertz CT molecular complexity index is 594. The minimum atomic E-state index is -0.469. The van der Waals surface area contributed by atoms with Crippen LogP contribution in [-0.2, 0) is 19.7 Å². The van der Waals surface area contributed by atoms with Crippen LogP contribution in [0.2, 0.25) is 0 Å². The zero-order valence-corrected chi connectivity index (χ0v) is 13.4. The lowest BCUT2D eigenvalue weighted by atomic mass is 9.91. The molecule has 3 rings (SSSR count). The monoisotopic (exact) mass is 301 g/mol. The van der Waals surface area contributed by atoms with Crippen LogP contribution in [0.1, 0.15) is 57.1 Å². The summed E-state index contributed by atoms with van der Waals surface area (Å²) in [6.07, 6.45) is 2.52. The molecule has 1 N–H and O–H groups in total. The number of amides is 1. The maximum Gasteiger partial charge on any atom is 0.317 e. The van der Waals surface area contributed by atoms with Crippen LogP contribution in [0, 0.1) is 0 Å². The maximum atomic E-state index is 12.5. The molecule has 1 saturated carbocycles. The first-order chi connectivity index (χ1) is 10.3. The fraction of sp³-hybridized carbons (Fsp3) is 0.556. The van der Waals surface area contributed by atoms with Gasteiger partial charge in [-0.1, -0.05) is 24.3 Å². The SMILES string of the molecule is CC(C)(C)OC(=O)C1(c2ccc(C3CCNC3=O)cc2)CC1. The minimum Gasteiger partial charge on any atom is -0.459 e. The summed E-state index contributed by atoms with van der Waals surface area (Å²) in [7, 11) is 0. The van der Waals surface area contributed by atoms with Gasteiger partial charge in [0, 0.05) is 6.54 Å². The van der Waals surface area contributed by atoms with Crippen LogP contribution in [0.25, 0.3) is 0 Å². The van der Waals surface area contributed by atoms with E-state index in [0.29, 0.717) is 0 Å². The summed E-state index contributed by atoms with van der Waals surface area (Å²) in [6, 6.07) is 7.93. The molecule has 0 spiro atoms. The molecule has 2 aliphatic rings. The first kappa shape index (κ1) is 15.1. The number of nitrogens with one attached hydrogen (secondary N) is 1. The predicted octanol–water partition coefficient (Wildman–Crippen LogP) is 2.66.